The quantitative estimate of drug-likeness (QED) is 0.0921. The third kappa shape index (κ3) is 11.1. The summed E-state index contributed by atoms with van der Waals surface area (Å²) in [5.74, 6) is -3.53. The maximum absolute atomic E-state index is 15.9. The predicted octanol–water partition coefficient (Wildman–Crippen LogP) is 6.45. The topological polar surface area (TPSA) is 129 Å². The van der Waals surface area contributed by atoms with Crippen molar-refractivity contribution in [3.8, 4) is 6.07 Å². The number of hydrogen-bond donors (Lipinski definition) is 0. The summed E-state index contributed by atoms with van der Waals surface area (Å²) >= 11 is 1.33. The van der Waals surface area contributed by atoms with Gasteiger partial charge in [-0.1, -0.05) is 42.5 Å². The number of carbonyl (C=O) groups is 2. The number of hydrogen-bond acceptors (Lipinski definition) is 11. The summed E-state index contributed by atoms with van der Waals surface area (Å²) in [6.07, 6.45) is 8.63. The lowest BCUT2D eigenvalue weighted by molar-refractivity contribution is -0.146. The van der Waals surface area contributed by atoms with Crippen LogP contribution in [0.2, 0.25) is 0 Å². The van der Waals surface area contributed by atoms with Gasteiger partial charge in [0.1, 0.15) is 36.7 Å². The zero-order valence-electron chi connectivity index (χ0n) is 30.4. The van der Waals surface area contributed by atoms with Gasteiger partial charge in [-0.15, -0.1) is 11.8 Å². The summed E-state index contributed by atoms with van der Waals surface area (Å²) in [6, 6.07) is 15.6. The molecule has 1 aliphatic rings. The number of nitrogens with zero attached hydrogens (tertiary/aromatic N) is 5. The van der Waals surface area contributed by atoms with Crippen molar-refractivity contribution in [2.45, 2.75) is 48.9 Å². The fourth-order valence-electron chi connectivity index (χ4n) is 5.74. The van der Waals surface area contributed by atoms with Gasteiger partial charge in [-0.25, -0.2) is 27.6 Å². The largest absolute Gasteiger partial charge is 0.461 e. The van der Waals surface area contributed by atoms with E-state index >= 15 is 4.39 Å². The Morgan fingerprint density at radius 2 is 1.87 bits per heavy atom. The summed E-state index contributed by atoms with van der Waals surface area (Å²) < 4.78 is 69.5. The third-order valence-corrected chi connectivity index (χ3v) is 10.1. The van der Waals surface area contributed by atoms with E-state index in [0.29, 0.717) is 17.7 Å². The monoisotopic (exact) mass is 775 g/mol. The first kappa shape index (κ1) is 40.9. The number of aromatic nitrogens is 3. The van der Waals surface area contributed by atoms with E-state index in [-0.39, 0.29) is 54.7 Å². The van der Waals surface area contributed by atoms with E-state index < -0.39 is 46.5 Å². The molecule has 1 aromatic heterocycles. The van der Waals surface area contributed by atoms with Gasteiger partial charge >= 0.3 is 11.9 Å². The van der Waals surface area contributed by atoms with Crippen LogP contribution in [0.25, 0.3) is 6.08 Å². The Kier molecular flexibility index (Phi) is 14.4. The number of allylic oxidation sites excluding steroid dienone is 2. The first-order chi connectivity index (χ1) is 26.5. The summed E-state index contributed by atoms with van der Waals surface area (Å²) in [5, 5.41) is 12.1. The lowest BCUT2D eigenvalue weighted by atomic mass is 9.89. The fourth-order valence-corrected chi connectivity index (χ4v) is 7.10. The van der Waals surface area contributed by atoms with Gasteiger partial charge in [-0.05, 0) is 57.4 Å². The summed E-state index contributed by atoms with van der Waals surface area (Å²) in [7, 11) is 3.67. The highest BCUT2D eigenvalue weighted by Crippen LogP contribution is 2.42. The second kappa shape index (κ2) is 19.4. The van der Waals surface area contributed by atoms with Crippen LogP contribution in [0.4, 0.5) is 13.2 Å². The van der Waals surface area contributed by atoms with Crippen molar-refractivity contribution in [2.24, 2.45) is 0 Å². The van der Waals surface area contributed by atoms with Crippen LogP contribution in [-0.2, 0) is 42.5 Å². The molecule has 4 aromatic rings. The van der Waals surface area contributed by atoms with E-state index in [0.717, 1.165) is 18.2 Å². The Bertz CT molecular complexity index is 2030. The van der Waals surface area contributed by atoms with Gasteiger partial charge in [-0.2, -0.15) is 10.4 Å². The number of rotatable bonds is 16. The molecular weight excluding hydrogens is 736 g/mol. The predicted molar refractivity (Wildman–Crippen MR) is 199 cm³/mol. The molecule has 1 aliphatic heterocycles. The van der Waals surface area contributed by atoms with Crippen LogP contribution in [0, 0.1) is 28.8 Å². The highest BCUT2D eigenvalue weighted by atomic mass is 32.2. The van der Waals surface area contributed by atoms with Crippen LogP contribution in [0.5, 0.6) is 0 Å². The van der Waals surface area contributed by atoms with E-state index in [9.17, 15) is 18.4 Å². The van der Waals surface area contributed by atoms with Gasteiger partial charge in [0.05, 0.1) is 48.6 Å². The standard InChI is InChI=1S/C40H40F3N5O6S/c1-27(55-32-22-52-38(53-23-32)11-7-5-8-29-13-12-28(20-44)18-35(29)42)40(24-48-26-45-25-46-48,34-15-14-31(41)19-36(34)43)54-39(50)33-10-6-4-9-30(33)21-51-37(49)16-17-47(2)3/h4-15,18-19,25-27,32,38H,16-17,21-24H2,1-3H3/b8-5+,11-7+/t27-,32-,38-,40-/m1/s1. The first-order valence-corrected chi connectivity index (χ1v) is 18.2. The van der Waals surface area contributed by atoms with Gasteiger partial charge in [0.2, 0.25) is 0 Å². The highest BCUT2D eigenvalue weighted by molar-refractivity contribution is 8.00. The maximum Gasteiger partial charge on any atom is 0.339 e. The van der Waals surface area contributed by atoms with Crippen molar-refractivity contribution in [2.75, 3.05) is 33.9 Å². The van der Waals surface area contributed by atoms with E-state index in [1.54, 1.807) is 49.4 Å². The van der Waals surface area contributed by atoms with E-state index in [1.807, 2.05) is 25.1 Å². The minimum atomic E-state index is -1.79. The molecule has 0 bridgehead atoms. The Hall–Kier alpha value is -5.27. The van der Waals surface area contributed by atoms with Gasteiger partial charge in [-0.3, -0.25) is 4.79 Å². The number of ether oxygens (including phenoxy) is 4. The van der Waals surface area contributed by atoms with Crippen molar-refractivity contribution in [3.05, 3.63) is 137 Å². The summed E-state index contributed by atoms with van der Waals surface area (Å²) in [6.45, 7) is 2.27. The molecule has 3 aromatic carbocycles. The molecule has 1 saturated heterocycles. The molecule has 0 unspecified atom stereocenters. The van der Waals surface area contributed by atoms with Gasteiger partial charge in [0.25, 0.3) is 0 Å². The average Bonchev–Trinajstić information content (AvgIpc) is 3.68. The lowest BCUT2D eigenvalue weighted by Gasteiger charge is -2.40. The lowest BCUT2D eigenvalue weighted by Crippen LogP contribution is -2.47. The third-order valence-electron chi connectivity index (χ3n) is 8.65. The van der Waals surface area contributed by atoms with Gasteiger partial charge < -0.3 is 23.8 Å². The van der Waals surface area contributed by atoms with E-state index in [2.05, 4.69) is 10.1 Å². The number of halogens is 3. The normalized spacial score (nSPS) is 17.6. The Morgan fingerprint density at radius 1 is 1.09 bits per heavy atom. The number of benzene rings is 3. The van der Waals surface area contributed by atoms with Gasteiger partial charge in [0.15, 0.2) is 11.9 Å². The van der Waals surface area contributed by atoms with Crippen LogP contribution in [0.3, 0.4) is 0 Å². The highest BCUT2D eigenvalue weighted by Gasteiger charge is 2.47. The smallest absolute Gasteiger partial charge is 0.339 e. The molecule has 5 rings (SSSR count). The number of carbonyl (C=O) groups excluding carboxylic acids is 2. The van der Waals surface area contributed by atoms with Crippen molar-refractivity contribution in [1.82, 2.24) is 19.7 Å². The molecule has 0 aliphatic carbocycles. The van der Waals surface area contributed by atoms with E-state index in [4.69, 9.17) is 24.2 Å². The second-order valence-corrected chi connectivity index (χ2v) is 14.5. The van der Waals surface area contributed by atoms with Crippen LogP contribution in [-0.4, -0.2) is 82.2 Å². The molecule has 0 saturated carbocycles. The number of nitriles is 1. The zero-order chi connectivity index (χ0) is 39.4. The van der Waals surface area contributed by atoms with Crippen molar-refractivity contribution < 1.29 is 41.7 Å². The minimum absolute atomic E-state index is 0.0886. The molecule has 15 heteroatoms. The van der Waals surface area contributed by atoms with Gasteiger partial charge in [0, 0.05) is 34.6 Å². The van der Waals surface area contributed by atoms with Crippen molar-refractivity contribution in [3.63, 3.8) is 0 Å². The molecule has 1 fully saturated rings. The zero-order valence-corrected chi connectivity index (χ0v) is 31.3. The Balaban J connectivity index is 1.35. The van der Waals surface area contributed by atoms with Crippen molar-refractivity contribution >= 4 is 29.8 Å². The molecular formula is C40H40F3N5O6S. The number of thioether (sulfide) groups is 1. The molecule has 11 nitrogen and oxygen atoms in total. The first-order valence-electron chi connectivity index (χ1n) is 17.3. The molecule has 0 spiro atoms. The van der Waals surface area contributed by atoms with Crippen LogP contribution in [0.1, 0.15) is 46.0 Å². The second-order valence-electron chi connectivity index (χ2n) is 12.9. The SMILES string of the molecule is C[C@@H](S[C@H]1CO[C@H](/C=C/C=C/c2ccc(C#N)cc2F)OC1)[C@@](Cn1cncn1)(OC(=O)c1ccccc1COC(=O)CCN(C)C)c1ccc(F)cc1F. The Morgan fingerprint density at radius 3 is 2.56 bits per heavy atom. The molecule has 0 N–H and O–H groups in total. The summed E-state index contributed by atoms with van der Waals surface area (Å²) in [4.78, 5) is 32.5. The Labute approximate surface area is 321 Å². The maximum atomic E-state index is 15.9. The molecule has 2 heterocycles. The average molecular weight is 776 g/mol. The van der Waals surface area contributed by atoms with Crippen molar-refractivity contribution in [1.29, 1.82) is 5.26 Å². The van der Waals surface area contributed by atoms with Crippen LogP contribution >= 0.6 is 11.8 Å². The van der Waals surface area contributed by atoms with E-state index in [1.165, 1.54) is 53.4 Å². The van der Waals surface area contributed by atoms with Crippen LogP contribution < -0.4 is 0 Å². The van der Waals surface area contributed by atoms with Crippen LogP contribution in [0.15, 0.2) is 91.5 Å². The molecule has 0 amide bonds. The molecule has 55 heavy (non-hydrogen) atoms. The summed E-state index contributed by atoms with van der Waals surface area (Å²) in [5.41, 5.74) is -0.857. The molecule has 288 valence electrons. The minimum Gasteiger partial charge on any atom is -0.461 e. The number of esters is 2. The molecule has 2 atom stereocenters. The fraction of sp³-hybridized carbons (Fsp3) is 0.325. The molecule has 0 radical (unpaired) electrons.